The van der Waals surface area contributed by atoms with Crippen LogP contribution in [-0.4, -0.2) is 86.9 Å². The maximum Gasteiger partial charge on any atom is 0.155 e. The van der Waals surface area contributed by atoms with E-state index in [0.717, 1.165) is 38.5 Å². The Morgan fingerprint density at radius 3 is 1.24 bits per heavy atom. The van der Waals surface area contributed by atoms with E-state index in [0.29, 0.717) is 51.5 Å². The molecule has 8 unspecified atom stereocenters. The molecule has 0 saturated heterocycles. The van der Waals surface area contributed by atoms with E-state index in [1.807, 2.05) is 13.8 Å². The fourth-order valence-corrected chi connectivity index (χ4v) is 5.57. The van der Waals surface area contributed by atoms with Crippen LogP contribution in [0.25, 0.3) is 0 Å². The van der Waals surface area contributed by atoms with Crippen molar-refractivity contribution in [3.05, 3.63) is 0 Å². The summed E-state index contributed by atoms with van der Waals surface area (Å²) in [4.78, 5) is 0. The highest BCUT2D eigenvalue weighted by atomic mass is 16.7. The molecule has 0 amide bonds. The zero-order chi connectivity index (χ0) is 28.3. The molecule has 8 heteroatoms. The van der Waals surface area contributed by atoms with E-state index in [1.54, 1.807) is 0 Å². The van der Waals surface area contributed by atoms with Crippen molar-refractivity contribution >= 4 is 0 Å². The van der Waals surface area contributed by atoms with Crippen LogP contribution in [-0.2, 0) is 28.4 Å². The molecule has 2 rings (SSSR count). The minimum Gasteiger partial charge on any atom is -0.390 e. The van der Waals surface area contributed by atoms with E-state index >= 15 is 0 Å². The first-order valence-electron chi connectivity index (χ1n) is 14.8. The van der Waals surface area contributed by atoms with Crippen molar-refractivity contribution in [3.63, 3.8) is 0 Å². The highest BCUT2D eigenvalue weighted by Crippen LogP contribution is 2.40. The third-order valence-electron chi connectivity index (χ3n) is 8.22. The Labute approximate surface area is 232 Å². The molecule has 226 valence electrons. The Hall–Kier alpha value is -0.320. The van der Waals surface area contributed by atoms with Crippen molar-refractivity contribution in [2.24, 2.45) is 22.7 Å². The molecule has 2 N–H and O–H groups in total. The van der Waals surface area contributed by atoms with Crippen LogP contribution in [0.1, 0.15) is 93.9 Å². The number of hydrogen-bond acceptors (Lipinski definition) is 8. The standard InChI is InChI=1S/C30H58O8/c1-21(37-27-11-9-23(19-25(27)31)29(3,4)5)35-17-15-33-13-14-34-16-18-36-22(2)38-28-12-10-24(20-26(28)32)30(6,7)8/h21-28,31-32H,9-20H2,1-8H3. The number of hydrogen-bond donors (Lipinski definition) is 2. The van der Waals surface area contributed by atoms with E-state index in [2.05, 4.69) is 41.5 Å². The van der Waals surface area contributed by atoms with Gasteiger partial charge in [0, 0.05) is 0 Å². The molecule has 0 heterocycles. The van der Waals surface area contributed by atoms with Gasteiger partial charge in [-0.2, -0.15) is 0 Å². The van der Waals surface area contributed by atoms with E-state index in [4.69, 9.17) is 28.4 Å². The van der Waals surface area contributed by atoms with Crippen LogP contribution in [0.15, 0.2) is 0 Å². The molecule has 0 aromatic carbocycles. The lowest BCUT2D eigenvalue weighted by Crippen LogP contribution is -2.41. The molecule has 0 bridgehead atoms. The molecule has 0 spiro atoms. The molecule has 2 saturated carbocycles. The van der Waals surface area contributed by atoms with Gasteiger partial charge in [-0.15, -0.1) is 0 Å². The quantitative estimate of drug-likeness (QED) is 0.221. The minimum atomic E-state index is -0.439. The van der Waals surface area contributed by atoms with Gasteiger partial charge in [-0.25, -0.2) is 0 Å². The van der Waals surface area contributed by atoms with E-state index in [1.165, 1.54) is 0 Å². The van der Waals surface area contributed by atoms with Gasteiger partial charge in [0.2, 0.25) is 0 Å². The second-order valence-corrected chi connectivity index (χ2v) is 13.3. The monoisotopic (exact) mass is 546 g/mol. The summed E-state index contributed by atoms with van der Waals surface area (Å²) in [6.07, 6.45) is 3.46. The van der Waals surface area contributed by atoms with Crippen LogP contribution in [0, 0.1) is 22.7 Å². The summed E-state index contributed by atoms with van der Waals surface area (Å²) in [5.74, 6) is 1.04. The van der Waals surface area contributed by atoms with Crippen molar-refractivity contribution < 1.29 is 38.6 Å². The maximum absolute atomic E-state index is 10.5. The Morgan fingerprint density at radius 2 is 0.921 bits per heavy atom. The Morgan fingerprint density at radius 1 is 0.579 bits per heavy atom. The van der Waals surface area contributed by atoms with Crippen LogP contribution in [0.2, 0.25) is 0 Å². The molecule has 38 heavy (non-hydrogen) atoms. The van der Waals surface area contributed by atoms with Crippen molar-refractivity contribution in [1.29, 1.82) is 0 Å². The van der Waals surface area contributed by atoms with Crippen LogP contribution in [0.5, 0.6) is 0 Å². The van der Waals surface area contributed by atoms with Gasteiger partial charge in [0.05, 0.1) is 64.1 Å². The first-order valence-corrected chi connectivity index (χ1v) is 14.8. The SMILES string of the molecule is CC(OCCOCCOCCOC(C)OC1CCC(C(C)(C)C)CC1O)OC1CCC(C(C)(C)C)CC1O. The molecule has 8 atom stereocenters. The summed E-state index contributed by atoms with van der Waals surface area (Å²) in [5.41, 5.74) is 0.426. The van der Waals surface area contributed by atoms with Crippen LogP contribution in [0.4, 0.5) is 0 Å². The van der Waals surface area contributed by atoms with Crippen LogP contribution >= 0.6 is 0 Å². The fourth-order valence-electron chi connectivity index (χ4n) is 5.57. The molecule has 8 nitrogen and oxygen atoms in total. The highest BCUT2D eigenvalue weighted by molar-refractivity contribution is 4.87. The molecule has 2 aliphatic rings. The average molecular weight is 547 g/mol. The first kappa shape index (κ1) is 33.9. The summed E-state index contributed by atoms with van der Waals surface area (Å²) in [6.45, 7) is 19.9. The smallest absolute Gasteiger partial charge is 0.155 e. The third-order valence-corrected chi connectivity index (χ3v) is 8.22. The summed E-state index contributed by atoms with van der Waals surface area (Å²) in [5, 5.41) is 21.0. The third kappa shape index (κ3) is 12.5. The van der Waals surface area contributed by atoms with E-state index in [9.17, 15) is 10.2 Å². The lowest BCUT2D eigenvalue weighted by molar-refractivity contribution is -0.201. The van der Waals surface area contributed by atoms with Gasteiger partial charge in [0.1, 0.15) is 0 Å². The Balaban J connectivity index is 1.42. The van der Waals surface area contributed by atoms with Crippen LogP contribution < -0.4 is 0 Å². The molecule has 2 fully saturated rings. The average Bonchev–Trinajstić information content (AvgIpc) is 2.81. The van der Waals surface area contributed by atoms with Gasteiger partial charge in [0.15, 0.2) is 12.6 Å². The Bertz CT molecular complexity index is 577. The molecular formula is C30H58O8. The second kappa shape index (κ2) is 16.2. The normalized spacial score (nSPS) is 30.8. The van der Waals surface area contributed by atoms with Crippen LogP contribution in [0.3, 0.4) is 0 Å². The predicted molar refractivity (Wildman–Crippen MR) is 148 cm³/mol. The first-order chi connectivity index (χ1) is 17.8. The summed E-state index contributed by atoms with van der Waals surface area (Å²) < 4.78 is 34.4. The Kier molecular flexibility index (Phi) is 14.4. The topological polar surface area (TPSA) is 95.8 Å². The number of aliphatic hydroxyl groups is 2. The zero-order valence-electron chi connectivity index (χ0n) is 25.4. The summed E-state index contributed by atoms with van der Waals surface area (Å²) in [7, 11) is 0. The maximum atomic E-state index is 10.5. The summed E-state index contributed by atoms with van der Waals surface area (Å²) in [6, 6.07) is 0. The second-order valence-electron chi connectivity index (χ2n) is 13.3. The van der Waals surface area contributed by atoms with E-state index < -0.39 is 12.2 Å². The number of aliphatic hydroxyl groups excluding tert-OH is 2. The van der Waals surface area contributed by atoms with Crippen molar-refractivity contribution in [3.8, 4) is 0 Å². The molecule has 0 aromatic heterocycles. The zero-order valence-corrected chi connectivity index (χ0v) is 25.4. The lowest BCUT2D eigenvalue weighted by Gasteiger charge is -2.40. The molecule has 0 aromatic rings. The summed E-state index contributed by atoms with van der Waals surface area (Å²) >= 11 is 0. The number of rotatable bonds is 15. The highest BCUT2D eigenvalue weighted by Gasteiger charge is 2.37. The molecule has 0 radical (unpaired) electrons. The van der Waals surface area contributed by atoms with Gasteiger partial charge >= 0.3 is 0 Å². The lowest BCUT2D eigenvalue weighted by atomic mass is 9.71. The number of ether oxygens (including phenoxy) is 6. The van der Waals surface area contributed by atoms with Crippen molar-refractivity contribution in [2.75, 3.05) is 39.6 Å². The van der Waals surface area contributed by atoms with Gasteiger partial charge in [0.25, 0.3) is 0 Å². The minimum absolute atomic E-state index is 0.165. The van der Waals surface area contributed by atoms with Gasteiger partial charge in [-0.3, -0.25) is 0 Å². The van der Waals surface area contributed by atoms with Gasteiger partial charge < -0.3 is 38.6 Å². The predicted octanol–water partition coefficient (Wildman–Crippen LogP) is 4.93. The van der Waals surface area contributed by atoms with E-state index in [-0.39, 0.29) is 35.6 Å². The van der Waals surface area contributed by atoms with Crippen molar-refractivity contribution in [2.45, 2.75) is 131 Å². The molecule has 0 aliphatic heterocycles. The van der Waals surface area contributed by atoms with Crippen molar-refractivity contribution in [1.82, 2.24) is 0 Å². The largest absolute Gasteiger partial charge is 0.390 e. The van der Waals surface area contributed by atoms with Gasteiger partial charge in [-0.05, 0) is 75.0 Å². The fraction of sp³-hybridized carbons (Fsp3) is 1.00. The molecule has 2 aliphatic carbocycles. The van der Waals surface area contributed by atoms with Gasteiger partial charge in [-0.1, -0.05) is 41.5 Å². The molecular weight excluding hydrogens is 488 g/mol.